The smallest absolute Gasteiger partial charge is 0.317 e. The summed E-state index contributed by atoms with van der Waals surface area (Å²) in [5.74, 6) is -4.91. The third-order valence-electron chi connectivity index (χ3n) is 2.17. The van der Waals surface area contributed by atoms with Gasteiger partial charge in [0.25, 0.3) is 0 Å². The Kier molecular flexibility index (Phi) is 39.2. The van der Waals surface area contributed by atoms with E-state index in [0.717, 1.165) is 9.80 Å². The van der Waals surface area contributed by atoms with Crippen LogP contribution in [0.2, 0.25) is 0 Å². The van der Waals surface area contributed by atoms with Crippen molar-refractivity contribution >= 4 is 142 Å². The minimum Gasteiger partial charge on any atom is -0.480 e. The van der Waals surface area contributed by atoms with Crippen molar-refractivity contribution in [3.05, 3.63) is 0 Å². The molecule has 0 heterocycles. The first-order valence-corrected chi connectivity index (χ1v) is 5.52. The van der Waals surface area contributed by atoms with E-state index in [1.165, 1.54) is 0 Å². The van der Waals surface area contributed by atoms with Crippen molar-refractivity contribution in [3.63, 3.8) is 0 Å². The molecule has 0 aliphatic carbocycles. The number of hydrogen-bond donors (Lipinski definition) is 4. The van der Waals surface area contributed by atoms with Crippen molar-refractivity contribution in [2.75, 3.05) is 39.3 Å². The molecule has 0 aromatic carbocycles. The fourth-order valence-electron chi connectivity index (χ4n) is 1.48. The number of carboxylic acid groups (broad SMARTS) is 4. The van der Waals surface area contributed by atoms with Crippen molar-refractivity contribution < 1.29 is 45.1 Å². The first-order valence-electron chi connectivity index (χ1n) is 5.52. The summed E-state index contributed by atoms with van der Waals surface area (Å²) < 4.78 is 0. The summed E-state index contributed by atoms with van der Waals surface area (Å²) in [6.07, 6.45) is 0. The first kappa shape index (κ1) is 41.2. The van der Waals surface area contributed by atoms with E-state index >= 15 is 0 Å². The zero-order valence-corrected chi connectivity index (χ0v) is 23.1. The van der Waals surface area contributed by atoms with Crippen LogP contribution in [0.5, 0.6) is 0 Å². The van der Waals surface area contributed by atoms with Crippen LogP contribution in [-0.4, -0.2) is 217 Å². The van der Waals surface area contributed by atoms with Crippen molar-refractivity contribution in [1.29, 1.82) is 0 Å². The molecule has 0 aromatic heterocycles. The molecule has 126 valence electrons. The van der Waals surface area contributed by atoms with Crippen LogP contribution < -0.4 is 0 Å². The van der Waals surface area contributed by atoms with Gasteiger partial charge in [0, 0.05) is 131 Å². The van der Waals surface area contributed by atoms with Gasteiger partial charge in [0.05, 0.1) is 26.2 Å². The van der Waals surface area contributed by atoms with Crippen LogP contribution in [0.3, 0.4) is 0 Å². The number of rotatable bonds is 11. The molecule has 0 bridgehead atoms. The average Bonchev–Trinajstić information content (AvgIpc) is 2.22. The fraction of sp³-hybridized carbons (Fsp3) is 0.600. The maximum Gasteiger partial charge on any atom is 0.317 e. The second-order valence-corrected chi connectivity index (χ2v) is 4.00. The maximum atomic E-state index is 10.6. The SMILES string of the molecule is O.O=C(O)CN(CCN(CC(=O)O)CC(=O)O)CC(=O)O.[Na].[Na].[Na].[Na]. The van der Waals surface area contributed by atoms with Gasteiger partial charge in [-0.2, -0.15) is 0 Å². The Morgan fingerprint density at radius 1 is 0.520 bits per heavy atom. The number of carbonyl (C=O) groups is 4. The van der Waals surface area contributed by atoms with Gasteiger partial charge in [-0.15, -0.1) is 0 Å². The van der Waals surface area contributed by atoms with Gasteiger partial charge in [-0.05, 0) is 0 Å². The van der Waals surface area contributed by atoms with Crippen LogP contribution in [0, 0.1) is 0 Å². The molecular weight excluding hydrogens is 384 g/mol. The molecule has 0 spiro atoms. The number of aliphatic carboxylic acids is 4. The van der Waals surface area contributed by atoms with Crippen LogP contribution in [-0.2, 0) is 19.2 Å². The second kappa shape index (κ2) is 23.8. The third kappa shape index (κ3) is 28.1. The van der Waals surface area contributed by atoms with Crippen LogP contribution in [0.15, 0.2) is 0 Å². The van der Waals surface area contributed by atoms with Gasteiger partial charge >= 0.3 is 23.9 Å². The molecule has 0 aromatic rings. The Bertz CT molecular complexity index is 333. The third-order valence-corrected chi connectivity index (χ3v) is 2.17. The molecule has 11 nitrogen and oxygen atoms in total. The van der Waals surface area contributed by atoms with Gasteiger partial charge in [0.2, 0.25) is 0 Å². The normalized spacial score (nSPS) is 8.56. The van der Waals surface area contributed by atoms with E-state index in [-0.39, 0.29) is 137 Å². The summed E-state index contributed by atoms with van der Waals surface area (Å²) in [6.45, 7) is -2.25. The van der Waals surface area contributed by atoms with Crippen LogP contribution in [0.4, 0.5) is 0 Å². The van der Waals surface area contributed by atoms with E-state index in [2.05, 4.69) is 0 Å². The molecular formula is C10H18N2Na4O9. The predicted octanol–water partition coefficient (Wildman–Crippen LogP) is -4.42. The van der Waals surface area contributed by atoms with Gasteiger partial charge in [0.1, 0.15) is 0 Å². The molecule has 0 amide bonds. The van der Waals surface area contributed by atoms with Crippen molar-refractivity contribution in [2.45, 2.75) is 0 Å². The van der Waals surface area contributed by atoms with Crippen LogP contribution in [0.25, 0.3) is 0 Å². The van der Waals surface area contributed by atoms with E-state index in [1.807, 2.05) is 0 Å². The maximum absolute atomic E-state index is 10.6. The van der Waals surface area contributed by atoms with Gasteiger partial charge in [-0.3, -0.25) is 29.0 Å². The molecule has 6 N–H and O–H groups in total. The second-order valence-electron chi connectivity index (χ2n) is 4.00. The molecule has 0 atom stereocenters. The molecule has 0 saturated carbocycles. The zero-order valence-electron chi connectivity index (χ0n) is 15.1. The van der Waals surface area contributed by atoms with E-state index in [9.17, 15) is 19.2 Å². The Morgan fingerprint density at radius 2 is 0.680 bits per heavy atom. The monoisotopic (exact) mass is 402 g/mol. The molecule has 15 heteroatoms. The molecule has 0 aliphatic rings. The molecule has 0 unspecified atom stereocenters. The average molecular weight is 402 g/mol. The molecule has 25 heavy (non-hydrogen) atoms. The Balaban J connectivity index is -0.000000180. The van der Waals surface area contributed by atoms with Gasteiger partial charge in [-0.25, -0.2) is 0 Å². The largest absolute Gasteiger partial charge is 0.480 e. The number of carboxylic acids is 4. The Morgan fingerprint density at radius 3 is 0.800 bits per heavy atom. The van der Waals surface area contributed by atoms with Crippen LogP contribution >= 0.6 is 0 Å². The zero-order chi connectivity index (χ0) is 15.7. The number of hydrogen-bond acceptors (Lipinski definition) is 6. The summed E-state index contributed by atoms with van der Waals surface area (Å²) in [5, 5.41) is 34.5. The van der Waals surface area contributed by atoms with Gasteiger partial charge in [-0.1, -0.05) is 0 Å². The minimum atomic E-state index is -1.23. The summed E-state index contributed by atoms with van der Waals surface area (Å²) in [7, 11) is 0. The molecule has 0 aliphatic heterocycles. The number of nitrogens with zero attached hydrogens (tertiary/aromatic N) is 2. The van der Waals surface area contributed by atoms with Crippen molar-refractivity contribution in [2.24, 2.45) is 0 Å². The quantitative estimate of drug-likeness (QED) is 0.246. The molecule has 0 rings (SSSR count). The summed E-state index contributed by atoms with van der Waals surface area (Å²) in [4.78, 5) is 44.4. The van der Waals surface area contributed by atoms with Gasteiger partial charge < -0.3 is 25.9 Å². The summed E-state index contributed by atoms with van der Waals surface area (Å²) in [5.41, 5.74) is 0. The van der Waals surface area contributed by atoms with Crippen molar-refractivity contribution in [1.82, 2.24) is 9.80 Å². The van der Waals surface area contributed by atoms with Crippen LogP contribution in [0.1, 0.15) is 0 Å². The van der Waals surface area contributed by atoms with E-state index in [4.69, 9.17) is 20.4 Å². The van der Waals surface area contributed by atoms with E-state index in [0.29, 0.717) is 0 Å². The topological polar surface area (TPSA) is 187 Å². The Hall–Kier alpha value is 1.76. The molecule has 4 radical (unpaired) electrons. The van der Waals surface area contributed by atoms with Crippen molar-refractivity contribution in [3.8, 4) is 0 Å². The first-order chi connectivity index (χ1) is 9.20. The van der Waals surface area contributed by atoms with E-state index < -0.39 is 50.1 Å². The standard InChI is InChI=1S/C10H16N2O8.4Na.H2O/c13-7(14)3-11(4-8(15)16)1-2-12(5-9(17)18)6-10(19)20;;;;;/h1-6H2,(H,13,14)(H,15,16)(H,17,18)(H,19,20);;;;;1H2. The molecule has 0 saturated heterocycles. The fourth-order valence-corrected chi connectivity index (χ4v) is 1.48. The summed E-state index contributed by atoms with van der Waals surface area (Å²) in [6, 6.07) is 0. The predicted molar refractivity (Wildman–Crippen MR) is 90.1 cm³/mol. The van der Waals surface area contributed by atoms with Gasteiger partial charge in [0.15, 0.2) is 0 Å². The van der Waals surface area contributed by atoms with E-state index in [1.54, 1.807) is 0 Å². The molecule has 0 fully saturated rings. The minimum absolute atomic E-state index is 0. The Labute approximate surface area is 233 Å². The summed E-state index contributed by atoms with van der Waals surface area (Å²) >= 11 is 0.